The average Bonchev–Trinajstić information content (AvgIpc) is 3.29. The van der Waals surface area contributed by atoms with E-state index in [4.69, 9.17) is 4.74 Å². The Kier molecular flexibility index (Phi) is 7.90. The Balaban J connectivity index is 1.72. The lowest BCUT2D eigenvalue weighted by molar-refractivity contribution is -0.144. The van der Waals surface area contributed by atoms with Crippen molar-refractivity contribution in [3.8, 4) is 0 Å². The van der Waals surface area contributed by atoms with Crippen molar-refractivity contribution in [3.05, 3.63) is 87.0 Å². The molecule has 188 valence electrons. The van der Waals surface area contributed by atoms with Crippen molar-refractivity contribution in [2.75, 3.05) is 6.61 Å². The van der Waals surface area contributed by atoms with E-state index < -0.39 is 5.97 Å². The second kappa shape index (κ2) is 11.3. The number of carbonyl (C=O) groups excluding carboxylic acids is 1. The van der Waals surface area contributed by atoms with E-state index >= 15 is 0 Å². The van der Waals surface area contributed by atoms with Gasteiger partial charge in [0.05, 0.1) is 18.2 Å². The minimum atomic E-state index is -0.396. The number of tetrazole rings is 1. The number of nitrogens with one attached hydrogen (secondary N) is 1. The molecule has 0 aliphatic carbocycles. The number of aryl methyl sites for hydroxylation is 2. The number of rotatable bonds is 10. The van der Waals surface area contributed by atoms with Gasteiger partial charge in [0.15, 0.2) is 5.82 Å². The number of hydrogen-bond donors (Lipinski definition) is 1. The van der Waals surface area contributed by atoms with Crippen LogP contribution in [0.15, 0.2) is 53.3 Å². The number of fused-ring (bicyclic) bond motifs is 1. The summed E-state index contributed by atoms with van der Waals surface area (Å²) in [6, 6.07) is 16.0. The van der Waals surface area contributed by atoms with E-state index in [-0.39, 0.29) is 24.8 Å². The molecule has 0 amide bonds. The predicted octanol–water partition coefficient (Wildman–Crippen LogP) is 3.85. The monoisotopic (exact) mass is 488 g/mol. The van der Waals surface area contributed by atoms with Gasteiger partial charge in [0, 0.05) is 18.7 Å². The molecule has 36 heavy (non-hydrogen) atoms. The molecular weight excluding hydrogens is 456 g/mol. The van der Waals surface area contributed by atoms with Crippen LogP contribution in [0.5, 0.6) is 0 Å². The number of aromatic amines is 1. The topological polar surface area (TPSA) is 106 Å². The number of pyridine rings is 1. The molecule has 0 aliphatic rings. The summed E-state index contributed by atoms with van der Waals surface area (Å²) in [5.74, 6) is 0.165. The highest BCUT2D eigenvalue weighted by Gasteiger charge is 2.27. The lowest BCUT2D eigenvalue weighted by Crippen LogP contribution is -2.33. The van der Waals surface area contributed by atoms with E-state index in [0.29, 0.717) is 30.9 Å². The zero-order chi connectivity index (χ0) is 25.7. The molecule has 2 heterocycles. The summed E-state index contributed by atoms with van der Waals surface area (Å²) in [4.78, 5) is 30.5. The molecule has 0 spiro atoms. The van der Waals surface area contributed by atoms with Gasteiger partial charge in [-0.25, -0.2) is 4.68 Å². The van der Waals surface area contributed by atoms with Crippen LogP contribution in [0.2, 0.25) is 0 Å². The molecule has 0 radical (unpaired) electrons. The fourth-order valence-corrected chi connectivity index (χ4v) is 4.46. The van der Waals surface area contributed by atoms with Gasteiger partial charge >= 0.3 is 5.97 Å². The summed E-state index contributed by atoms with van der Waals surface area (Å²) in [5.41, 5.74) is 4.70. The highest BCUT2D eigenvalue weighted by Crippen LogP contribution is 2.27. The van der Waals surface area contributed by atoms with Gasteiger partial charge in [0.25, 0.3) is 5.56 Å². The molecule has 1 N–H and O–H groups in total. The van der Waals surface area contributed by atoms with E-state index in [1.165, 1.54) is 10.2 Å². The summed E-state index contributed by atoms with van der Waals surface area (Å²) >= 11 is 0. The fraction of sp³-hybridized carbons (Fsp3) is 0.370. The van der Waals surface area contributed by atoms with Crippen LogP contribution in [0.3, 0.4) is 0 Å². The molecule has 0 saturated heterocycles. The molecule has 4 aromatic rings. The lowest BCUT2D eigenvalue weighted by Gasteiger charge is -2.30. The predicted molar refractivity (Wildman–Crippen MR) is 137 cm³/mol. The Morgan fingerprint density at radius 2 is 1.89 bits per heavy atom. The summed E-state index contributed by atoms with van der Waals surface area (Å²) in [6.45, 7) is 9.03. The number of para-hydroxylation sites is 1. The number of H-pyrrole nitrogens is 1. The number of carbonyl (C=O) groups is 1. The van der Waals surface area contributed by atoms with Crippen LogP contribution < -0.4 is 5.56 Å². The zero-order valence-corrected chi connectivity index (χ0v) is 21.2. The van der Waals surface area contributed by atoms with E-state index in [1.807, 2.05) is 38.1 Å². The third-order valence-electron chi connectivity index (χ3n) is 6.31. The van der Waals surface area contributed by atoms with E-state index in [2.05, 4.69) is 56.6 Å². The number of hydrogen-bond acceptors (Lipinski definition) is 7. The lowest BCUT2D eigenvalue weighted by atomic mass is 10.1. The Hall–Kier alpha value is -3.85. The van der Waals surface area contributed by atoms with Crippen molar-refractivity contribution in [1.82, 2.24) is 30.1 Å². The first-order chi connectivity index (χ1) is 17.4. The maximum absolute atomic E-state index is 13.1. The summed E-state index contributed by atoms with van der Waals surface area (Å²) in [7, 11) is 0. The zero-order valence-electron chi connectivity index (χ0n) is 21.2. The molecule has 4 rings (SSSR count). The van der Waals surface area contributed by atoms with Gasteiger partial charge in [-0.1, -0.05) is 55.0 Å². The molecule has 0 saturated carbocycles. The maximum atomic E-state index is 13.1. The third kappa shape index (κ3) is 5.68. The molecule has 1 unspecified atom stereocenters. The van der Waals surface area contributed by atoms with Gasteiger partial charge in [-0.05, 0) is 60.2 Å². The maximum Gasteiger partial charge on any atom is 0.327 e. The normalized spacial score (nSPS) is 12.2. The molecule has 1 atom stereocenters. The van der Waals surface area contributed by atoms with Crippen LogP contribution in [0.1, 0.15) is 54.4 Å². The number of benzene rings is 2. The highest BCUT2D eigenvalue weighted by atomic mass is 16.5. The Morgan fingerprint density at radius 1 is 1.11 bits per heavy atom. The average molecular weight is 489 g/mol. The van der Waals surface area contributed by atoms with Crippen LogP contribution >= 0.6 is 0 Å². The molecule has 9 nitrogen and oxygen atoms in total. The summed E-state index contributed by atoms with van der Waals surface area (Å²) in [6.07, 6.45) is 0.680. The second-order valence-electron chi connectivity index (χ2n) is 8.98. The summed E-state index contributed by atoms with van der Waals surface area (Å²) < 4.78 is 6.59. The number of nitrogens with zero attached hydrogens (tertiary/aromatic N) is 5. The van der Waals surface area contributed by atoms with Crippen LogP contribution in [-0.2, 0) is 29.2 Å². The molecule has 0 bridgehead atoms. The standard InChI is InChI=1S/C27H32N6O3/c1-5-23(26-29-30-31-33(26)17-24(34)36-6-2)32(15-20-12-10-18(3)11-13-20)16-22-14-21-9-7-8-19(4)25(21)28-27(22)35/h7-14,23H,5-6,15-17H2,1-4H3,(H,28,35). The third-order valence-corrected chi connectivity index (χ3v) is 6.31. The Bertz CT molecular complexity index is 1390. The van der Waals surface area contributed by atoms with Crippen LogP contribution in [-0.4, -0.2) is 42.7 Å². The Morgan fingerprint density at radius 3 is 2.61 bits per heavy atom. The largest absolute Gasteiger partial charge is 0.465 e. The number of ether oxygens (including phenoxy) is 1. The molecule has 2 aromatic carbocycles. The van der Waals surface area contributed by atoms with E-state index in [9.17, 15) is 9.59 Å². The van der Waals surface area contributed by atoms with Gasteiger partial charge in [0.1, 0.15) is 6.54 Å². The first-order valence-corrected chi connectivity index (χ1v) is 12.2. The van der Waals surface area contributed by atoms with Gasteiger partial charge in [-0.2, -0.15) is 0 Å². The molecule has 2 aromatic heterocycles. The van der Waals surface area contributed by atoms with Gasteiger partial charge in [-0.15, -0.1) is 5.10 Å². The first kappa shape index (κ1) is 25.2. The Labute approximate surface area is 210 Å². The van der Waals surface area contributed by atoms with Crippen molar-refractivity contribution in [2.45, 2.75) is 59.8 Å². The molecule has 9 heteroatoms. The highest BCUT2D eigenvalue weighted by molar-refractivity contribution is 5.81. The molecular formula is C27H32N6O3. The SMILES string of the molecule is CCOC(=O)Cn1nnnc1C(CC)N(Cc1ccc(C)cc1)Cc1cc2cccc(C)c2[nH]c1=O. The van der Waals surface area contributed by atoms with Crippen molar-refractivity contribution < 1.29 is 9.53 Å². The molecule has 0 fully saturated rings. The minimum absolute atomic E-state index is 0.0686. The van der Waals surface area contributed by atoms with Crippen LogP contribution in [0.4, 0.5) is 0 Å². The summed E-state index contributed by atoms with van der Waals surface area (Å²) in [5, 5.41) is 13.1. The fourth-order valence-electron chi connectivity index (χ4n) is 4.46. The quantitative estimate of drug-likeness (QED) is 0.338. The number of aromatic nitrogens is 5. The van der Waals surface area contributed by atoms with Crippen molar-refractivity contribution in [1.29, 1.82) is 0 Å². The molecule has 0 aliphatic heterocycles. The number of esters is 1. The van der Waals surface area contributed by atoms with Crippen molar-refractivity contribution in [2.24, 2.45) is 0 Å². The van der Waals surface area contributed by atoms with E-state index in [0.717, 1.165) is 22.0 Å². The smallest absolute Gasteiger partial charge is 0.327 e. The van der Waals surface area contributed by atoms with Crippen LogP contribution in [0, 0.1) is 13.8 Å². The van der Waals surface area contributed by atoms with Gasteiger partial charge in [0.2, 0.25) is 0 Å². The minimum Gasteiger partial charge on any atom is -0.465 e. The van der Waals surface area contributed by atoms with Crippen molar-refractivity contribution in [3.63, 3.8) is 0 Å². The first-order valence-electron chi connectivity index (χ1n) is 12.2. The van der Waals surface area contributed by atoms with E-state index in [1.54, 1.807) is 6.92 Å². The van der Waals surface area contributed by atoms with Gasteiger partial charge in [-0.3, -0.25) is 14.5 Å². The van der Waals surface area contributed by atoms with Crippen molar-refractivity contribution >= 4 is 16.9 Å². The van der Waals surface area contributed by atoms with Gasteiger partial charge < -0.3 is 9.72 Å². The second-order valence-corrected chi connectivity index (χ2v) is 8.98. The van der Waals surface area contributed by atoms with Crippen LogP contribution in [0.25, 0.3) is 10.9 Å².